The largest absolute Gasteiger partial charge is 0.389 e. The Morgan fingerprint density at radius 3 is 2.47 bits per heavy atom. The van der Waals surface area contributed by atoms with E-state index >= 15 is 0 Å². The van der Waals surface area contributed by atoms with Gasteiger partial charge in [0.1, 0.15) is 0 Å². The Labute approximate surface area is 114 Å². The van der Waals surface area contributed by atoms with Crippen LogP contribution in [-0.4, -0.2) is 16.6 Å². The molecule has 1 fully saturated rings. The van der Waals surface area contributed by atoms with Crippen LogP contribution in [0.25, 0.3) is 0 Å². The SMILES string of the molecule is Cc1ccc(NNC(=O)CC2(O)CCCCC2)cc1. The standard InChI is InChI=1S/C15H22N2O2/c1-12-5-7-13(8-6-12)16-17-14(18)11-15(19)9-3-2-4-10-15/h5-8,16,19H,2-4,9-11H2,1H3,(H,17,18). The zero-order valence-electron chi connectivity index (χ0n) is 11.4. The summed E-state index contributed by atoms with van der Waals surface area (Å²) in [6.45, 7) is 2.01. The normalized spacial score (nSPS) is 17.8. The zero-order chi connectivity index (χ0) is 13.7. The van der Waals surface area contributed by atoms with Gasteiger partial charge in [0.05, 0.1) is 17.7 Å². The Bertz CT molecular complexity index is 422. The topological polar surface area (TPSA) is 61.4 Å². The van der Waals surface area contributed by atoms with E-state index in [1.807, 2.05) is 31.2 Å². The Hall–Kier alpha value is -1.55. The summed E-state index contributed by atoms with van der Waals surface area (Å²) in [6.07, 6.45) is 4.80. The number of hydrogen-bond acceptors (Lipinski definition) is 3. The van der Waals surface area contributed by atoms with Crippen molar-refractivity contribution in [3.8, 4) is 0 Å². The van der Waals surface area contributed by atoms with Crippen LogP contribution in [0, 0.1) is 6.92 Å². The van der Waals surface area contributed by atoms with Gasteiger partial charge in [0.25, 0.3) is 0 Å². The molecule has 4 nitrogen and oxygen atoms in total. The van der Waals surface area contributed by atoms with E-state index in [1.54, 1.807) is 0 Å². The van der Waals surface area contributed by atoms with Crippen molar-refractivity contribution in [2.45, 2.75) is 51.0 Å². The van der Waals surface area contributed by atoms with Crippen LogP contribution in [0.1, 0.15) is 44.1 Å². The molecule has 0 saturated heterocycles. The van der Waals surface area contributed by atoms with Gasteiger partial charge in [0.2, 0.25) is 5.91 Å². The molecule has 1 aliphatic carbocycles. The van der Waals surface area contributed by atoms with E-state index in [9.17, 15) is 9.90 Å². The predicted molar refractivity (Wildman–Crippen MR) is 75.6 cm³/mol. The van der Waals surface area contributed by atoms with E-state index in [0.29, 0.717) is 0 Å². The number of hydrogen-bond donors (Lipinski definition) is 3. The Balaban J connectivity index is 1.79. The second-order valence-corrected chi connectivity index (χ2v) is 5.50. The molecule has 1 aliphatic rings. The smallest absolute Gasteiger partial charge is 0.241 e. The fraction of sp³-hybridized carbons (Fsp3) is 0.533. The average molecular weight is 262 g/mol. The second kappa shape index (κ2) is 6.06. The first-order valence-corrected chi connectivity index (χ1v) is 6.91. The summed E-state index contributed by atoms with van der Waals surface area (Å²) in [7, 11) is 0. The number of carbonyl (C=O) groups excluding carboxylic acids is 1. The highest BCUT2D eigenvalue weighted by Gasteiger charge is 2.31. The zero-order valence-corrected chi connectivity index (χ0v) is 11.4. The molecular formula is C15H22N2O2. The molecule has 1 amide bonds. The van der Waals surface area contributed by atoms with Crippen molar-refractivity contribution >= 4 is 11.6 Å². The minimum Gasteiger partial charge on any atom is -0.389 e. The highest BCUT2D eigenvalue weighted by Crippen LogP contribution is 2.30. The van der Waals surface area contributed by atoms with Crippen LogP contribution in [0.5, 0.6) is 0 Å². The maximum absolute atomic E-state index is 11.8. The Morgan fingerprint density at radius 1 is 1.21 bits per heavy atom. The molecule has 1 aromatic rings. The van der Waals surface area contributed by atoms with Gasteiger partial charge in [-0.1, -0.05) is 37.0 Å². The molecule has 0 radical (unpaired) electrons. The van der Waals surface area contributed by atoms with E-state index in [4.69, 9.17) is 0 Å². The van der Waals surface area contributed by atoms with Crippen LogP contribution >= 0.6 is 0 Å². The van der Waals surface area contributed by atoms with Crippen LogP contribution in [0.2, 0.25) is 0 Å². The van der Waals surface area contributed by atoms with Crippen molar-refractivity contribution in [2.75, 3.05) is 5.43 Å². The summed E-state index contributed by atoms with van der Waals surface area (Å²) < 4.78 is 0. The summed E-state index contributed by atoms with van der Waals surface area (Å²) in [6, 6.07) is 7.77. The Morgan fingerprint density at radius 2 is 1.84 bits per heavy atom. The van der Waals surface area contributed by atoms with E-state index in [0.717, 1.165) is 37.8 Å². The van der Waals surface area contributed by atoms with Crippen molar-refractivity contribution in [2.24, 2.45) is 0 Å². The molecule has 4 heteroatoms. The van der Waals surface area contributed by atoms with Crippen LogP contribution in [0.4, 0.5) is 5.69 Å². The molecule has 0 heterocycles. The lowest BCUT2D eigenvalue weighted by Gasteiger charge is -2.31. The fourth-order valence-electron chi connectivity index (χ4n) is 2.51. The van der Waals surface area contributed by atoms with E-state index in [1.165, 1.54) is 5.56 Å². The van der Waals surface area contributed by atoms with Crippen molar-refractivity contribution in [1.29, 1.82) is 0 Å². The van der Waals surface area contributed by atoms with Crippen LogP contribution < -0.4 is 10.9 Å². The third kappa shape index (κ3) is 4.24. The summed E-state index contributed by atoms with van der Waals surface area (Å²) in [5.41, 5.74) is 6.72. The fourth-order valence-corrected chi connectivity index (χ4v) is 2.51. The van der Waals surface area contributed by atoms with Gasteiger partial charge in [-0.05, 0) is 31.9 Å². The molecule has 19 heavy (non-hydrogen) atoms. The van der Waals surface area contributed by atoms with Crippen LogP contribution in [0.15, 0.2) is 24.3 Å². The maximum Gasteiger partial charge on any atom is 0.241 e. The third-order valence-corrected chi connectivity index (χ3v) is 3.67. The van der Waals surface area contributed by atoms with Crippen LogP contribution in [-0.2, 0) is 4.79 Å². The molecule has 1 aromatic carbocycles. The predicted octanol–water partition coefficient (Wildman–Crippen LogP) is 2.52. The lowest BCUT2D eigenvalue weighted by atomic mass is 9.82. The summed E-state index contributed by atoms with van der Waals surface area (Å²) in [5, 5.41) is 10.3. The molecule has 1 saturated carbocycles. The second-order valence-electron chi connectivity index (χ2n) is 5.50. The lowest BCUT2D eigenvalue weighted by Crippen LogP contribution is -2.40. The number of anilines is 1. The number of nitrogens with one attached hydrogen (secondary N) is 2. The number of amides is 1. The number of carbonyl (C=O) groups is 1. The number of hydrazine groups is 1. The van der Waals surface area contributed by atoms with Gasteiger partial charge in [-0.3, -0.25) is 15.6 Å². The van der Waals surface area contributed by atoms with E-state index in [2.05, 4.69) is 10.9 Å². The van der Waals surface area contributed by atoms with Gasteiger partial charge in [-0.15, -0.1) is 0 Å². The molecular weight excluding hydrogens is 240 g/mol. The van der Waals surface area contributed by atoms with Gasteiger partial charge < -0.3 is 5.11 Å². The monoisotopic (exact) mass is 262 g/mol. The third-order valence-electron chi connectivity index (χ3n) is 3.67. The quantitative estimate of drug-likeness (QED) is 0.731. The van der Waals surface area contributed by atoms with E-state index in [-0.39, 0.29) is 12.3 Å². The van der Waals surface area contributed by atoms with Gasteiger partial charge >= 0.3 is 0 Å². The average Bonchev–Trinajstić information content (AvgIpc) is 2.38. The maximum atomic E-state index is 11.8. The summed E-state index contributed by atoms with van der Waals surface area (Å²) in [4.78, 5) is 11.8. The molecule has 0 spiro atoms. The van der Waals surface area contributed by atoms with Gasteiger partial charge in [0, 0.05) is 0 Å². The minimum absolute atomic E-state index is 0.162. The number of benzene rings is 1. The van der Waals surface area contributed by atoms with E-state index < -0.39 is 5.60 Å². The van der Waals surface area contributed by atoms with Gasteiger partial charge in [-0.2, -0.15) is 0 Å². The van der Waals surface area contributed by atoms with Crippen LogP contribution in [0.3, 0.4) is 0 Å². The number of rotatable bonds is 4. The lowest BCUT2D eigenvalue weighted by molar-refractivity contribution is -0.126. The van der Waals surface area contributed by atoms with Crippen molar-refractivity contribution < 1.29 is 9.90 Å². The highest BCUT2D eigenvalue weighted by atomic mass is 16.3. The van der Waals surface area contributed by atoms with Crippen molar-refractivity contribution in [3.63, 3.8) is 0 Å². The van der Waals surface area contributed by atoms with Crippen molar-refractivity contribution in [3.05, 3.63) is 29.8 Å². The molecule has 0 atom stereocenters. The van der Waals surface area contributed by atoms with Crippen molar-refractivity contribution in [1.82, 2.24) is 5.43 Å². The highest BCUT2D eigenvalue weighted by molar-refractivity contribution is 5.78. The van der Waals surface area contributed by atoms with Gasteiger partial charge in [-0.25, -0.2) is 0 Å². The summed E-state index contributed by atoms with van der Waals surface area (Å²) in [5.74, 6) is -0.162. The first-order valence-electron chi connectivity index (χ1n) is 6.91. The Kier molecular flexibility index (Phi) is 4.43. The first-order chi connectivity index (χ1) is 9.07. The molecule has 104 valence electrons. The minimum atomic E-state index is -0.808. The molecule has 3 N–H and O–H groups in total. The molecule has 2 rings (SSSR count). The molecule has 0 aliphatic heterocycles. The molecule has 0 aromatic heterocycles. The number of aliphatic hydroxyl groups is 1. The summed E-state index contributed by atoms with van der Waals surface area (Å²) >= 11 is 0. The number of aryl methyl sites for hydroxylation is 1. The van der Waals surface area contributed by atoms with Gasteiger partial charge in [0.15, 0.2) is 0 Å². The first kappa shape index (κ1) is 13.9. The molecule has 0 bridgehead atoms. The molecule has 0 unspecified atom stereocenters.